The van der Waals surface area contributed by atoms with Gasteiger partial charge in [0.15, 0.2) is 18.1 Å². The molecule has 3 rings (SSSR count). The van der Waals surface area contributed by atoms with Gasteiger partial charge in [-0.1, -0.05) is 0 Å². The van der Waals surface area contributed by atoms with Crippen molar-refractivity contribution in [2.45, 2.75) is 26.8 Å². The molecule has 0 fully saturated rings. The summed E-state index contributed by atoms with van der Waals surface area (Å²) in [7, 11) is 0. The lowest BCUT2D eigenvalue weighted by Crippen LogP contribution is -2.24. The van der Waals surface area contributed by atoms with E-state index in [0.29, 0.717) is 40.6 Å². The Balaban J connectivity index is 1.49. The van der Waals surface area contributed by atoms with E-state index >= 15 is 0 Å². The van der Waals surface area contributed by atoms with Gasteiger partial charge in [-0.2, -0.15) is 0 Å². The molecule has 1 N–H and O–H groups in total. The summed E-state index contributed by atoms with van der Waals surface area (Å²) in [6, 6.07) is 6.72. The van der Waals surface area contributed by atoms with Crippen LogP contribution in [0.4, 0.5) is 5.69 Å². The zero-order valence-electron chi connectivity index (χ0n) is 17.3. The van der Waals surface area contributed by atoms with Crippen molar-refractivity contribution in [2.24, 2.45) is 0 Å². The summed E-state index contributed by atoms with van der Waals surface area (Å²) in [5.74, 6) is 0.0209. The molecule has 0 unspecified atom stereocenters. The molecule has 0 radical (unpaired) electrons. The number of carbonyl (C=O) groups is 2. The Morgan fingerprint density at radius 1 is 1.13 bits per heavy atom. The first-order chi connectivity index (χ1) is 15.0. The molecule has 0 atom stereocenters. The molecule has 0 aliphatic carbocycles. The molecule has 164 valence electrons. The zero-order valence-corrected chi connectivity index (χ0v) is 18.1. The quantitative estimate of drug-likeness (QED) is 0.478. The summed E-state index contributed by atoms with van der Waals surface area (Å²) < 4.78 is 17.4. The van der Waals surface area contributed by atoms with Gasteiger partial charge < -0.3 is 19.5 Å². The topological polar surface area (TPSA) is 109 Å². The number of amides is 1. The van der Waals surface area contributed by atoms with Crippen LogP contribution >= 0.6 is 11.3 Å². The van der Waals surface area contributed by atoms with E-state index in [1.165, 1.54) is 22.2 Å². The number of aryl methyl sites for hydroxylation is 1. The average molecular weight is 445 g/mol. The van der Waals surface area contributed by atoms with E-state index < -0.39 is 18.5 Å². The van der Waals surface area contributed by atoms with Crippen LogP contribution in [0, 0.1) is 0 Å². The third-order valence-corrected chi connectivity index (χ3v) is 5.02. The average Bonchev–Trinajstić information content (AvgIpc) is 3.24. The summed E-state index contributed by atoms with van der Waals surface area (Å²) >= 11 is 1.38. The van der Waals surface area contributed by atoms with Crippen LogP contribution < -0.4 is 20.3 Å². The highest BCUT2D eigenvalue weighted by Gasteiger charge is 2.12. The van der Waals surface area contributed by atoms with Crippen LogP contribution in [-0.4, -0.2) is 41.2 Å². The first-order valence-electron chi connectivity index (χ1n) is 9.79. The molecule has 1 aromatic carbocycles. The lowest BCUT2D eigenvalue weighted by atomic mass is 10.2. The van der Waals surface area contributed by atoms with Crippen LogP contribution in [0.2, 0.25) is 0 Å². The van der Waals surface area contributed by atoms with E-state index in [1.807, 2.05) is 13.8 Å². The highest BCUT2D eigenvalue weighted by molar-refractivity contribution is 7.16. The summed E-state index contributed by atoms with van der Waals surface area (Å²) in [4.78, 5) is 41.2. The van der Waals surface area contributed by atoms with Crippen LogP contribution in [0.25, 0.3) is 10.2 Å². The largest absolute Gasteiger partial charge is 0.490 e. The van der Waals surface area contributed by atoms with E-state index in [-0.39, 0.29) is 18.5 Å². The van der Waals surface area contributed by atoms with Crippen molar-refractivity contribution in [1.82, 2.24) is 9.55 Å². The predicted molar refractivity (Wildman–Crippen MR) is 117 cm³/mol. The van der Waals surface area contributed by atoms with Gasteiger partial charge >= 0.3 is 5.97 Å². The van der Waals surface area contributed by atoms with Crippen LogP contribution in [-0.2, 0) is 20.9 Å². The Morgan fingerprint density at radius 2 is 1.90 bits per heavy atom. The summed E-state index contributed by atoms with van der Waals surface area (Å²) in [5.41, 5.74) is 0.284. The first-order valence-corrected chi connectivity index (χ1v) is 10.7. The molecule has 3 aromatic rings. The zero-order chi connectivity index (χ0) is 22.2. The van der Waals surface area contributed by atoms with E-state index in [2.05, 4.69) is 10.3 Å². The number of rotatable bonds is 10. The number of aromatic nitrogens is 2. The number of hydrogen-bond donors (Lipinski definition) is 1. The number of anilines is 1. The van der Waals surface area contributed by atoms with Gasteiger partial charge in [0.2, 0.25) is 0 Å². The Kier molecular flexibility index (Phi) is 7.60. The number of nitrogens with one attached hydrogen (secondary N) is 1. The maximum absolute atomic E-state index is 12.3. The van der Waals surface area contributed by atoms with Crippen molar-refractivity contribution >= 4 is 39.1 Å². The van der Waals surface area contributed by atoms with Gasteiger partial charge in [0.1, 0.15) is 4.83 Å². The number of benzene rings is 1. The highest BCUT2D eigenvalue weighted by Crippen LogP contribution is 2.30. The van der Waals surface area contributed by atoms with E-state index in [1.54, 1.807) is 29.6 Å². The summed E-state index contributed by atoms with van der Waals surface area (Å²) in [6.07, 6.45) is 1.35. The highest BCUT2D eigenvalue weighted by atomic mass is 32.1. The molecular weight excluding hydrogens is 422 g/mol. The second kappa shape index (κ2) is 10.6. The molecule has 0 saturated heterocycles. The smallest absolute Gasteiger partial charge is 0.308 e. The Hall–Kier alpha value is -3.40. The lowest BCUT2D eigenvalue weighted by molar-refractivity contribution is -0.147. The monoisotopic (exact) mass is 445 g/mol. The van der Waals surface area contributed by atoms with Crippen LogP contribution in [0.1, 0.15) is 20.3 Å². The van der Waals surface area contributed by atoms with Gasteiger partial charge in [0.05, 0.1) is 31.3 Å². The molecule has 0 aliphatic rings. The first kappa shape index (κ1) is 22.3. The summed E-state index contributed by atoms with van der Waals surface area (Å²) in [5, 5.41) is 4.96. The van der Waals surface area contributed by atoms with Gasteiger partial charge in [-0.15, -0.1) is 11.3 Å². The fraction of sp³-hybridized carbons (Fsp3) is 0.333. The molecule has 31 heavy (non-hydrogen) atoms. The molecule has 10 heteroatoms. The van der Waals surface area contributed by atoms with Gasteiger partial charge in [0.25, 0.3) is 11.5 Å². The molecule has 0 spiro atoms. The van der Waals surface area contributed by atoms with Crippen molar-refractivity contribution in [2.75, 3.05) is 25.1 Å². The minimum atomic E-state index is -0.589. The number of ether oxygens (including phenoxy) is 3. The van der Waals surface area contributed by atoms with Gasteiger partial charge in [-0.25, -0.2) is 4.98 Å². The molecule has 9 nitrogen and oxygen atoms in total. The normalized spacial score (nSPS) is 10.6. The third kappa shape index (κ3) is 5.82. The Labute approximate surface area is 182 Å². The van der Waals surface area contributed by atoms with Crippen molar-refractivity contribution < 1.29 is 23.8 Å². The number of nitrogens with zero attached hydrogens (tertiary/aromatic N) is 2. The minimum Gasteiger partial charge on any atom is -0.490 e. The molecule has 0 bridgehead atoms. The van der Waals surface area contributed by atoms with Crippen molar-refractivity contribution in [1.29, 1.82) is 0 Å². The second-order valence-electron chi connectivity index (χ2n) is 6.37. The molecule has 2 aromatic heterocycles. The molecule has 2 heterocycles. The maximum Gasteiger partial charge on any atom is 0.308 e. The van der Waals surface area contributed by atoms with Gasteiger partial charge in [-0.05, 0) is 37.4 Å². The SMILES string of the molecule is CCOc1ccc(NC(=O)COC(=O)CCn2cnc3sccc3c2=O)cc1OCC. The van der Waals surface area contributed by atoms with Gasteiger partial charge in [0, 0.05) is 18.3 Å². The van der Waals surface area contributed by atoms with Crippen molar-refractivity contribution in [3.8, 4) is 11.5 Å². The standard InChI is InChI=1S/C21H23N3O6S/c1-3-28-16-6-5-14(11-17(16)29-4-2)23-18(25)12-30-19(26)7-9-24-13-22-20-15(21(24)27)8-10-31-20/h5-6,8,10-11,13H,3-4,7,9,12H2,1-2H3,(H,23,25). The van der Waals surface area contributed by atoms with Crippen LogP contribution in [0.3, 0.4) is 0 Å². The number of esters is 1. The fourth-order valence-corrected chi connectivity index (χ4v) is 3.53. The van der Waals surface area contributed by atoms with Crippen LogP contribution in [0.15, 0.2) is 40.8 Å². The van der Waals surface area contributed by atoms with Gasteiger partial charge in [-0.3, -0.25) is 19.0 Å². The number of fused-ring (bicyclic) bond motifs is 1. The van der Waals surface area contributed by atoms with Crippen molar-refractivity contribution in [3.63, 3.8) is 0 Å². The van der Waals surface area contributed by atoms with E-state index in [9.17, 15) is 14.4 Å². The van der Waals surface area contributed by atoms with Crippen molar-refractivity contribution in [3.05, 3.63) is 46.3 Å². The molecule has 0 saturated carbocycles. The number of thiophene rings is 1. The minimum absolute atomic E-state index is 0.0535. The van der Waals surface area contributed by atoms with E-state index in [4.69, 9.17) is 14.2 Å². The molecule has 1 amide bonds. The lowest BCUT2D eigenvalue weighted by Gasteiger charge is -2.13. The number of hydrogen-bond acceptors (Lipinski definition) is 8. The molecule has 0 aliphatic heterocycles. The Morgan fingerprint density at radius 3 is 2.68 bits per heavy atom. The van der Waals surface area contributed by atoms with E-state index in [0.717, 1.165) is 0 Å². The maximum atomic E-state index is 12.3. The third-order valence-electron chi connectivity index (χ3n) is 4.20. The van der Waals surface area contributed by atoms with Crippen LogP contribution in [0.5, 0.6) is 11.5 Å². The fourth-order valence-electron chi connectivity index (χ4n) is 2.81. The number of carbonyl (C=O) groups excluding carboxylic acids is 2. The molecular formula is C21H23N3O6S. The second-order valence-corrected chi connectivity index (χ2v) is 7.26. The summed E-state index contributed by atoms with van der Waals surface area (Å²) in [6.45, 7) is 4.34. The predicted octanol–water partition coefficient (Wildman–Crippen LogP) is 2.83. The Bertz CT molecular complexity index is 1120.